The monoisotopic (exact) mass is 187 g/mol. The van der Waals surface area contributed by atoms with Gasteiger partial charge in [0.05, 0.1) is 10.8 Å². The second kappa shape index (κ2) is 2.98. The Morgan fingerprint density at radius 3 is 2.73 bits per heavy atom. The summed E-state index contributed by atoms with van der Waals surface area (Å²) in [6.45, 7) is 0. The predicted molar refractivity (Wildman–Crippen MR) is 43.6 cm³/mol. The van der Waals surface area contributed by atoms with E-state index in [1.807, 2.05) is 6.07 Å². The van der Waals surface area contributed by atoms with Gasteiger partial charge in [0.1, 0.15) is 10.9 Å². The first-order chi connectivity index (χ1) is 5.15. The molecule has 0 spiro atoms. The zero-order chi connectivity index (χ0) is 8.43. The van der Waals surface area contributed by atoms with Crippen LogP contribution in [0.1, 0.15) is 4.88 Å². The fourth-order valence-electron chi connectivity index (χ4n) is 0.515. The Morgan fingerprint density at radius 2 is 2.45 bits per heavy atom. The smallest absolute Gasteiger partial charge is 0.183 e. The first kappa shape index (κ1) is 8.17. The third-order valence-electron chi connectivity index (χ3n) is 0.981. The van der Waals surface area contributed by atoms with Crippen LogP contribution in [0.25, 0.3) is 0 Å². The van der Waals surface area contributed by atoms with Crippen LogP contribution in [0.2, 0.25) is 0 Å². The molecule has 0 saturated heterocycles. The van der Waals surface area contributed by atoms with Crippen LogP contribution < -0.4 is 5.73 Å². The molecule has 1 unspecified atom stereocenters. The van der Waals surface area contributed by atoms with Crippen LogP contribution in [-0.4, -0.2) is 15.4 Å². The molecule has 2 N–H and O–H groups in total. The van der Waals surface area contributed by atoms with Crippen LogP contribution in [-0.2, 0) is 10.8 Å². The summed E-state index contributed by atoms with van der Waals surface area (Å²) in [6.07, 6.45) is 1.50. The highest BCUT2D eigenvalue weighted by Gasteiger charge is 2.09. The number of nitrogen functional groups attached to an aromatic ring is 1. The Bertz CT molecular complexity index is 338. The van der Waals surface area contributed by atoms with E-state index in [4.69, 9.17) is 11.0 Å². The molecule has 0 bridgehead atoms. The molecule has 0 aliphatic carbocycles. The maximum absolute atomic E-state index is 10.8. The molecule has 0 aliphatic rings. The Labute approximate surface area is 70.1 Å². The molecule has 58 valence electrons. The summed E-state index contributed by atoms with van der Waals surface area (Å²) >= 11 is 1.07. The van der Waals surface area contributed by atoms with Gasteiger partial charge in [0.15, 0.2) is 10.2 Å². The molecule has 1 aromatic heterocycles. The van der Waals surface area contributed by atoms with E-state index in [2.05, 4.69) is 4.98 Å². The zero-order valence-corrected chi connectivity index (χ0v) is 7.33. The van der Waals surface area contributed by atoms with Crippen molar-refractivity contribution < 1.29 is 4.21 Å². The maximum Gasteiger partial charge on any atom is 0.183 e. The first-order valence-corrected chi connectivity index (χ1v) is 5.02. The van der Waals surface area contributed by atoms with Crippen molar-refractivity contribution in [3.8, 4) is 6.07 Å². The second-order valence-corrected chi connectivity index (χ2v) is 4.31. The van der Waals surface area contributed by atoms with Gasteiger partial charge in [-0.25, -0.2) is 4.98 Å². The second-order valence-electron chi connectivity index (χ2n) is 1.76. The molecule has 1 aromatic rings. The van der Waals surface area contributed by atoms with E-state index in [0.29, 0.717) is 9.22 Å². The van der Waals surface area contributed by atoms with Crippen molar-refractivity contribution in [1.29, 1.82) is 5.26 Å². The van der Waals surface area contributed by atoms with Crippen molar-refractivity contribution in [2.75, 3.05) is 12.0 Å². The van der Waals surface area contributed by atoms with Crippen LogP contribution >= 0.6 is 11.3 Å². The van der Waals surface area contributed by atoms with E-state index in [1.54, 1.807) is 0 Å². The number of aromatic nitrogens is 1. The standard InChI is InChI=1S/C5H5N3OS2/c1-11(9)5-8-4(7)3(2-6)10-5/h7H2,1H3. The van der Waals surface area contributed by atoms with Crippen LogP contribution in [0.15, 0.2) is 4.34 Å². The van der Waals surface area contributed by atoms with Gasteiger partial charge in [0.2, 0.25) is 0 Å². The van der Waals surface area contributed by atoms with Gasteiger partial charge in [-0.3, -0.25) is 4.21 Å². The molecule has 0 fully saturated rings. The average Bonchev–Trinajstić information content (AvgIpc) is 2.31. The van der Waals surface area contributed by atoms with E-state index in [-0.39, 0.29) is 5.82 Å². The van der Waals surface area contributed by atoms with Crippen LogP contribution in [0.5, 0.6) is 0 Å². The summed E-state index contributed by atoms with van der Waals surface area (Å²) in [5.74, 6) is 0.169. The van der Waals surface area contributed by atoms with Crippen LogP contribution in [0.3, 0.4) is 0 Å². The molecule has 0 saturated carbocycles. The summed E-state index contributed by atoms with van der Waals surface area (Å²) in [7, 11) is -1.14. The Hall–Kier alpha value is -0.930. The normalized spacial score (nSPS) is 12.4. The summed E-state index contributed by atoms with van der Waals surface area (Å²) in [6, 6.07) is 1.87. The number of thiazole rings is 1. The maximum atomic E-state index is 10.8. The lowest BCUT2D eigenvalue weighted by Gasteiger charge is -1.81. The quantitative estimate of drug-likeness (QED) is 0.687. The summed E-state index contributed by atoms with van der Waals surface area (Å²) in [4.78, 5) is 4.08. The minimum absolute atomic E-state index is 0.169. The van der Waals surface area contributed by atoms with Crippen LogP contribution in [0.4, 0.5) is 5.82 Å². The molecule has 0 aliphatic heterocycles. The lowest BCUT2D eigenvalue weighted by atomic mass is 10.6. The van der Waals surface area contributed by atoms with E-state index >= 15 is 0 Å². The zero-order valence-electron chi connectivity index (χ0n) is 5.70. The SMILES string of the molecule is CS(=O)c1nc(N)c(C#N)s1. The fraction of sp³-hybridized carbons (Fsp3) is 0.200. The van der Waals surface area contributed by atoms with Gasteiger partial charge in [-0.15, -0.1) is 0 Å². The van der Waals surface area contributed by atoms with Crippen molar-refractivity contribution in [2.45, 2.75) is 4.34 Å². The molecular formula is C5H5N3OS2. The Morgan fingerprint density at radius 1 is 1.82 bits per heavy atom. The van der Waals surface area contributed by atoms with Crippen molar-refractivity contribution in [2.24, 2.45) is 0 Å². The number of hydrogen-bond acceptors (Lipinski definition) is 5. The van der Waals surface area contributed by atoms with Gasteiger partial charge < -0.3 is 5.73 Å². The molecule has 1 atom stereocenters. The molecule has 0 aromatic carbocycles. The lowest BCUT2D eigenvalue weighted by Crippen LogP contribution is -1.89. The van der Waals surface area contributed by atoms with E-state index < -0.39 is 10.8 Å². The Balaban J connectivity index is 3.18. The number of nitriles is 1. The van der Waals surface area contributed by atoms with E-state index in [0.717, 1.165) is 11.3 Å². The first-order valence-electron chi connectivity index (χ1n) is 2.65. The molecule has 4 nitrogen and oxygen atoms in total. The van der Waals surface area contributed by atoms with Crippen molar-refractivity contribution in [3.63, 3.8) is 0 Å². The van der Waals surface area contributed by atoms with Crippen molar-refractivity contribution in [3.05, 3.63) is 4.88 Å². The predicted octanol–water partition coefficient (Wildman–Crippen LogP) is 0.334. The van der Waals surface area contributed by atoms with Gasteiger partial charge >= 0.3 is 0 Å². The van der Waals surface area contributed by atoms with Gasteiger partial charge in [0.25, 0.3) is 0 Å². The third kappa shape index (κ3) is 1.56. The lowest BCUT2D eigenvalue weighted by molar-refractivity contribution is 0.686. The molecular weight excluding hydrogens is 182 g/mol. The topological polar surface area (TPSA) is 79.8 Å². The molecule has 11 heavy (non-hydrogen) atoms. The highest BCUT2D eigenvalue weighted by atomic mass is 32.2. The average molecular weight is 187 g/mol. The highest BCUT2D eigenvalue weighted by molar-refractivity contribution is 7.86. The molecule has 6 heteroatoms. The van der Waals surface area contributed by atoms with Gasteiger partial charge in [-0.05, 0) is 0 Å². The minimum atomic E-state index is -1.14. The summed E-state index contributed by atoms with van der Waals surface area (Å²) < 4.78 is 11.2. The number of anilines is 1. The van der Waals surface area contributed by atoms with Crippen LogP contribution in [0, 0.1) is 11.3 Å². The van der Waals surface area contributed by atoms with Crippen molar-refractivity contribution in [1.82, 2.24) is 4.98 Å². The van der Waals surface area contributed by atoms with E-state index in [1.165, 1.54) is 6.26 Å². The number of hydrogen-bond donors (Lipinski definition) is 1. The minimum Gasteiger partial charge on any atom is -0.382 e. The molecule has 0 radical (unpaired) electrons. The van der Waals surface area contributed by atoms with Gasteiger partial charge in [-0.2, -0.15) is 5.26 Å². The molecule has 0 amide bonds. The largest absolute Gasteiger partial charge is 0.382 e. The Kier molecular flexibility index (Phi) is 2.22. The number of nitrogens with two attached hydrogens (primary N) is 1. The van der Waals surface area contributed by atoms with Crippen molar-refractivity contribution >= 4 is 28.0 Å². The van der Waals surface area contributed by atoms with Gasteiger partial charge in [0, 0.05) is 6.26 Å². The third-order valence-corrected chi connectivity index (χ3v) is 3.29. The summed E-state index contributed by atoms with van der Waals surface area (Å²) in [5, 5.41) is 8.46. The number of nitrogens with zero attached hydrogens (tertiary/aromatic N) is 2. The summed E-state index contributed by atoms with van der Waals surface area (Å²) in [5.41, 5.74) is 5.33. The molecule has 1 rings (SSSR count). The number of rotatable bonds is 1. The van der Waals surface area contributed by atoms with Gasteiger partial charge in [-0.1, -0.05) is 11.3 Å². The fourth-order valence-corrected chi connectivity index (χ4v) is 1.98. The molecule has 1 heterocycles. The highest BCUT2D eigenvalue weighted by Crippen LogP contribution is 2.21. The van der Waals surface area contributed by atoms with E-state index in [9.17, 15) is 4.21 Å².